The van der Waals surface area contributed by atoms with Crippen LogP contribution >= 0.6 is 0 Å². The van der Waals surface area contributed by atoms with Gasteiger partial charge in [-0.1, -0.05) is 18.2 Å². The van der Waals surface area contributed by atoms with Gasteiger partial charge in [0.15, 0.2) is 0 Å². The Morgan fingerprint density at radius 2 is 1.81 bits per heavy atom. The zero-order valence-electron chi connectivity index (χ0n) is 14.5. The molecule has 0 saturated carbocycles. The molecular formula is C21H19F2N3. The Kier molecular flexibility index (Phi) is 4.47. The molecule has 1 aromatic heterocycles. The van der Waals surface area contributed by atoms with E-state index in [4.69, 9.17) is 0 Å². The van der Waals surface area contributed by atoms with E-state index in [0.717, 1.165) is 28.1 Å². The van der Waals surface area contributed by atoms with Gasteiger partial charge in [-0.25, -0.2) is 8.78 Å². The van der Waals surface area contributed by atoms with E-state index in [1.165, 1.54) is 18.2 Å². The second kappa shape index (κ2) is 6.92. The summed E-state index contributed by atoms with van der Waals surface area (Å²) < 4.78 is 28.7. The molecule has 3 aromatic rings. The number of nitrogens with one attached hydrogen (secondary N) is 1. The fourth-order valence-electron chi connectivity index (χ4n) is 3.58. The number of hydrogen-bond donors (Lipinski definition) is 1. The molecule has 0 aliphatic carbocycles. The molecule has 132 valence electrons. The number of aryl methyl sites for hydroxylation is 1. The van der Waals surface area contributed by atoms with E-state index in [-0.39, 0.29) is 11.5 Å². The van der Waals surface area contributed by atoms with Crippen LogP contribution in [0.2, 0.25) is 0 Å². The minimum atomic E-state index is -0.490. The van der Waals surface area contributed by atoms with Crippen molar-refractivity contribution >= 4 is 0 Å². The minimum absolute atomic E-state index is 0.153. The van der Waals surface area contributed by atoms with E-state index in [0.29, 0.717) is 19.5 Å². The smallest absolute Gasteiger partial charge is 0.129 e. The van der Waals surface area contributed by atoms with E-state index >= 15 is 0 Å². The Bertz CT molecular complexity index is 918. The van der Waals surface area contributed by atoms with Gasteiger partial charge in [0.05, 0.1) is 11.4 Å². The average Bonchev–Trinajstić information content (AvgIpc) is 2.84. The highest BCUT2D eigenvalue weighted by molar-refractivity contribution is 5.61. The second-order valence-corrected chi connectivity index (χ2v) is 6.63. The van der Waals surface area contributed by atoms with Gasteiger partial charge < -0.3 is 5.32 Å². The molecule has 2 aromatic carbocycles. The van der Waals surface area contributed by atoms with E-state index < -0.39 is 11.6 Å². The van der Waals surface area contributed by atoms with Crippen molar-refractivity contribution in [1.29, 1.82) is 0 Å². The predicted molar refractivity (Wildman–Crippen MR) is 96.7 cm³/mol. The highest BCUT2D eigenvalue weighted by Gasteiger charge is 2.26. The van der Waals surface area contributed by atoms with Crippen LogP contribution in [0.4, 0.5) is 8.78 Å². The van der Waals surface area contributed by atoms with Gasteiger partial charge in [-0.3, -0.25) is 0 Å². The molecule has 1 N–H and O–H groups in total. The molecule has 26 heavy (non-hydrogen) atoms. The quantitative estimate of drug-likeness (QED) is 0.746. The molecule has 0 fully saturated rings. The highest BCUT2D eigenvalue weighted by atomic mass is 19.1. The van der Waals surface area contributed by atoms with E-state index in [1.807, 2.05) is 37.3 Å². The van der Waals surface area contributed by atoms with Crippen LogP contribution in [0.5, 0.6) is 0 Å². The number of aromatic nitrogens is 2. The van der Waals surface area contributed by atoms with E-state index in [1.54, 1.807) is 0 Å². The summed E-state index contributed by atoms with van der Waals surface area (Å²) in [5.74, 6) is -1.29. The molecule has 1 unspecified atom stereocenters. The number of rotatable bonds is 2. The lowest BCUT2D eigenvalue weighted by molar-refractivity contribution is 0.528. The average molecular weight is 351 g/mol. The van der Waals surface area contributed by atoms with Crippen LogP contribution in [0.25, 0.3) is 11.3 Å². The summed E-state index contributed by atoms with van der Waals surface area (Å²) in [5, 5.41) is 11.7. The van der Waals surface area contributed by atoms with Crippen LogP contribution in [0.15, 0.2) is 48.5 Å². The Morgan fingerprint density at radius 3 is 2.54 bits per heavy atom. The first-order valence-electron chi connectivity index (χ1n) is 8.71. The predicted octanol–water partition coefficient (Wildman–Crippen LogP) is 4.36. The lowest BCUT2D eigenvalue weighted by Crippen LogP contribution is -2.13. The molecule has 0 amide bonds. The first kappa shape index (κ1) is 16.8. The van der Waals surface area contributed by atoms with Crippen LogP contribution in [0.3, 0.4) is 0 Å². The Hall–Kier alpha value is -2.66. The maximum absolute atomic E-state index is 14.4. The van der Waals surface area contributed by atoms with Crippen LogP contribution in [0.1, 0.15) is 34.7 Å². The molecule has 0 spiro atoms. The third-order valence-electron chi connectivity index (χ3n) is 4.89. The summed E-state index contributed by atoms with van der Waals surface area (Å²) in [6.07, 6.45) is 0.647. The largest absolute Gasteiger partial charge is 0.313 e. The van der Waals surface area contributed by atoms with Gasteiger partial charge in [-0.05, 0) is 61.3 Å². The molecule has 1 aliphatic rings. The van der Waals surface area contributed by atoms with Crippen LogP contribution < -0.4 is 5.32 Å². The Labute approximate surface area is 151 Å². The Morgan fingerprint density at radius 1 is 1.00 bits per heavy atom. The lowest BCUT2D eigenvalue weighted by Gasteiger charge is -2.19. The molecule has 0 radical (unpaired) electrons. The van der Waals surface area contributed by atoms with Gasteiger partial charge in [0.2, 0.25) is 0 Å². The van der Waals surface area contributed by atoms with Crippen LogP contribution in [0, 0.1) is 18.6 Å². The van der Waals surface area contributed by atoms with Crippen molar-refractivity contribution in [3.8, 4) is 11.3 Å². The summed E-state index contributed by atoms with van der Waals surface area (Å²) in [4.78, 5) is 0. The van der Waals surface area contributed by atoms with E-state index in [2.05, 4.69) is 15.5 Å². The summed E-state index contributed by atoms with van der Waals surface area (Å²) in [5.41, 5.74) is 4.75. The fourth-order valence-corrected chi connectivity index (χ4v) is 3.58. The Balaban J connectivity index is 1.80. The monoisotopic (exact) mass is 351 g/mol. The molecule has 4 rings (SSSR count). The van der Waals surface area contributed by atoms with Crippen molar-refractivity contribution in [2.24, 2.45) is 0 Å². The summed E-state index contributed by atoms with van der Waals surface area (Å²) in [7, 11) is 0. The highest BCUT2D eigenvalue weighted by Crippen LogP contribution is 2.36. The third-order valence-corrected chi connectivity index (χ3v) is 4.89. The zero-order valence-corrected chi connectivity index (χ0v) is 14.5. The summed E-state index contributed by atoms with van der Waals surface area (Å²) in [6.45, 7) is 3.26. The fraction of sp³-hybridized carbons (Fsp3) is 0.238. The molecule has 0 bridgehead atoms. The second-order valence-electron chi connectivity index (χ2n) is 6.63. The van der Waals surface area contributed by atoms with Gasteiger partial charge in [0, 0.05) is 23.6 Å². The standard InChI is InChI=1S/C21H19F2N3/c1-13-5-8-20(26-25-13)14-6-7-16-15(11-14)12-24-10-9-17(16)21-18(22)3-2-4-19(21)23/h2-8,11,17,24H,9-10,12H2,1H3. The van der Waals surface area contributed by atoms with Gasteiger partial charge in [-0.15, -0.1) is 0 Å². The number of benzene rings is 2. The van der Waals surface area contributed by atoms with Gasteiger partial charge in [-0.2, -0.15) is 10.2 Å². The molecule has 1 atom stereocenters. The van der Waals surface area contributed by atoms with Crippen molar-refractivity contribution in [2.75, 3.05) is 6.54 Å². The van der Waals surface area contributed by atoms with Crippen LogP contribution in [-0.2, 0) is 6.54 Å². The number of nitrogens with zero attached hydrogens (tertiary/aromatic N) is 2. The lowest BCUT2D eigenvalue weighted by atomic mass is 9.85. The molecule has 0 saturated heterocycles. The van der Waals surface area contributed by atoms with Crippen molar-refractivity contribution in [3.63, 3.8) is 0 Å². The van der Waals surface area contributed by atoms with Crippen molar-refractivity contribution in [2.45, 2.75) is 25.8 Å². The van der Waals surface area contributed by atoms with Crippen molar-refractivity contribution in [1.82, 2.24) is 15.5 Å². The summed E-state index contributed by atoms with van der Waals surface area (Å²) >= 11 is 0. The normalized spacial score (nSPS) is 16.8. The van der Waals surface area contributed by atoms with Gasteiger partial charge >= 0.3 is 0 Å². The van der Waals surface area contributed by atoms with Gasteiger partial charge in [0.25, 0.3) is 0 Å². The summed E-state index contributed by atoms with van der Waals surface area (Å²) in [6, 6.07) is 13.9. The third kappa shape index (κ3) is 3.10. The molecule has 2 heterocycles. The first-order valence-corrected chi connectivity index (χ1v) is 8.71. The SMILES string of the molecule is Cc1ccc(-c2ccc3c(c2)CNCCC3c2c(F)cccc2F)nn1. The topological polar surface area (TPSA) is 37.8 Å². The van der Waals surface area contributed by atoms with Crippen molar-refractivity contribution < 1.29 is 8.78 Å². The molecule has 5 heteroatoms. The van der Waals surface area contributed by atoms with Crippen molar-refractivity contribution in [3.05, 3.63) is 82.5 Å². The van der Waals surface area contributed by atoms with Gasteiger partial charge in [0.1, 0.15) is 11.6 Å². The zero-order chi connectivity index (χ0) is 18.1. The minimum Gasteiger partial charge on any atom is -0.313 e. The molecule has 3 nitrogen and oxygen atoms in total. The molecule has 1 aliphatic heterocycles. The van der Waals surface area contributed by atoms with E-state index in [9.17, 15) is 8.78 Å². The maximum atomic E-state index is 14.4. The number of halogens is 2. The number of hydrogen-bond acceptors (Lipinski definition) is 3. The first-order chi connectivity index (χ1) is 12.6. The maximum Gasteiger partial charge on any atom is 0.129 e. The number of fused-ring (bicyclic) bond motifs is 1. The molecular weight excluding hydrogens is 332 g/mol. The van der Waals surface area contributed by atoms with Crippen LogP contribution in [-0.4, -0.2) is 16.7 Å².